The van der Waals surface area contributed by atoms with E-state index >= 15 is 0 Å². The second kappa shape index (κ2) is 6.65. The van der Waals surface area contributed by atoms with Crippen molar-refractivity contribution in [3.8, 4) is 0 Å². The Morgan fingerprint density at radius 3 is 2.54 bits per heavy atom. The molecule has 0 amide bonds. The minimum absolute atomic E-state index is 0.304. The standard InChI is InChI=1S/C18H22N2O4/c1-3-4-12-9-13-15(21)11-16(18(22)23)24-17(13)14(10-12)20-7-5-19(2)6-8-20/h9-11H,3-8H2,1-2H3,(H,22,23). The molecule has 2 aromatic rings. The fourth-order valence-corrected chi connectivity index (χ4v) is 3.12. The molecule has 0 aliphatic carbocycles. The largest absolute Gasteiger partial charge is 0.475 e. The Hall–Kier alpha value is -2.34. The first-order valence-corrected chi connectivity index (χ1v) is 8.27. The fraction of sp³-hybridized carbons (Fsp3) is 0.444. The summed E-state index contributed by atoms with van der Waals surface area (Å²) in [5, 5.41) is 9.65. The van der Waals surface area contributed by atoms with Crippen molar-refractivity contribution in [2.45, 2.75) is 19.8 Å². The number of anilines is 1. The van der Waals surface area contributed by atoms with Gasteiger partial charge < -0.3 is 19.3 Å². The number of aromatic carboxylic acids is 1. The maximum absolute atomic E-state index is 12.4. The lowest BCUT2D eigenvalue weighted by Gasteiger charge is -2.34. The van der Waals surface area contributed by atoms with E-state index in [1.54, 1.807) is 0 Å². The third-order valence-electron chi connectivity index (χ3n) is 4.46. The third-order valence-corrected chi connectivity index (χ3v) is 4.46. The van der Waals surface area contributed by atoms with Crippen molar-refractivity contribution in [3.05, 3.63) is 39.7 Å². The maximum atomic E-state index is 12.4. The predicted octanol–water partition coefficient (Wildman–Crippen LogP) is 2.20. The molecule has 1 aliphatic heterocycles. The average Bonchev–Trinajstić information content (AvgIpc) is 2.55. The van der Waals surface area contributed by atoms with Crippen LogP contribution in [-0.2, 0) is 6.42 Å². The summed E-state index contributed by atoms with van der Waals surface area (Å²) in [6, 6.07) is 4.93. The molecular weight excluding hydrogens is 308 g/mol. The summed E-state index contributed by atoms with van der Waals surface area (Å²) in [5.41, 5.74) is 1.98. The van der Waals surface area contributed by atoms with Gasteiger partial charge in [0.25, 0.3) is 0 Å². The smallest absolute Gasteiger partial charge is 0.371 e. The van der Waals surface area contributed by atoms with Gasteiger partial charge >= 0.3 is 5.97 Å². The Bertz CT molecular complexity index is 820. The molecule has 0 spiro atoms. The topological polar surface area (TPSA) is 74.0 Å². The van der Waals surface area contributed by atoms with Crippen LogP contribution in [0.25, 0.3) is 11.0 Å². The van der Waals surface area contributed by atoms with E-state index in [2.05, 4.69) is 23.8 Å². The van der Waals surface area contributed by atoms with Gasteiger partial charge in [0, 0.05) is 32.2 Å². The Balaban J connectivity index is 2.19. The Morgan fingerprint density at radius 1 is 1.21 bits per heavy atom. The minimum atomic E-state index is -1.23. The van der Waals surface area contributed by atoms with Crippen molar-refractivity contribution >= 4 is 22.6 Å². The van der Waals surface area contributed by atoms with Crippen molar-refractivity contribution in [1.29, 1.82) is 0 Å². The highest BCUT2D eigenvalue weighted by atomic mass is 16.4. The number of benzene rings is 1. The monoisotopic (exact) mass is 330 g/mol. The summed E-state index contributed by atoms with van der Waals surface area (Å²) < 4.78 is 5.59. The van der Waals surface area contributed by atoms with Gasteiger partial charge in [-0.15, -0.1) is 0 Å². The Kier molecular flexibility index (Phi) is 4.57. The van der Waals surface area contributed by atoms with Gasteiger partial charge in [0.2, 0.25) is 5.76 Å². The van der Waals surface area contributed by atoms with Crippen LogP contribution < -0.4 is 10.3 Å². The van der Waals surface area contributed by atoms with Crippen LogP contribution in [0.3, 0.4) is 0 Å². The highest BCUT2D eigenvalue weighted by Gasteiger charge is 2.21. The highest BCUT2D eigenvalue weighted by molar-refractivity contribution is 5.93. The molecule has 3 rings (SSSR count). The fourth-order valence-electron chi connectivity index (χ4n) is 3.12. The molecule has 2 heterocycles. The van der Waals surface area contributed by atoms with Crippen LogP contribution >= 0.6 is 0 Å². The quantitative estimate of drug-likeness (QED) is 0.926. The molecule has 0 saturated carbocycles. The number of carbonyl (C=O) groups is 1. The molecule has 0 radical (unpaired) electrons. The Labute approximate surface area is 140 Å². The second-order valence-electron chi connectivity index (χ2n) is 6.31. The zero-order valence-electron chi connectivity index (χ0n) is 14.0. The number of likely N-dealkylation sites (N-methyl/N-ethyl adjacent to an activating group) is 1. The molecule has 1 saturated heterocycles. The molecular formula is C18H22N2O4. The molecule has 0 atom stereocenters. The number of fused-ring (bicyclic) bond motifs is 1. The van der Waals surface area contributed by atoms with Crippen molar-refractivity contribution < 1.29 is 14.3 Å². The zero-order valence-corrected chi connectivity index (χ0v) is 14.0. The summed E-state index contributed by atoms with van der Waals surface area (Å²) in [7, 11) is 2.08. The lowest BCUT2D eigenvalue weighted by Crippen LogP contribution is -2.44. The van der Waals surface area contributed by atoms with Gasteiger partial charge in [-0.3, -0.25) is 4.79 Å². The number of carboxylic acid groups (broad SMARTS) is 1. The van der Waals surface area contributed by atoms with Crippen LogP contribution in [0.5, 0.6) is 0 Å². The number of nitrogens with zero attached hydrogens (tertiary/aromatic N) is 2. The first kappa shape index (κ1) is 16.5. The van der Waals surface area contributed by atoms with Crippen molar-refractivity contribution in [1.82, 2.24) is 4.90 Å². The summed E-state index contributed by atoms with van der Waals surface area (Å²) in [5.74, 6) is -1.54. The van der Waals surface area contributed by atoms with Crippen molar-refractivity contribution in [3.63, 3.8) is 0 Å². The summed E-state index contributed by atoms with van der Waals surface area (Å²) in [4.78, 5) is 28.1. The van der Waals surface area contributed by atoms with E-state index < -0.39 is 5.97 Å². The molecule has 128 valence electrons. The van der Waals surface area contributed by atoms with Crippen LogP contribution in [0.2, 0.25) is 0 Å². The first-order chi connectivity index (χ1) is 11.5. The van der Waals surface area contributed by atoms with Gasteiger partial charge in [0.1, 0.15) is 0 Å². The van der Waals surface area contributed by atoms with Crippen molar-refractivity contribution in [2.75, 3.05) is 38.1 Å². The maximum Gasteiger partial charge on any atom is 0.371 e. The van der Waals surface area contributed by atoms with Crippen LogP contribution in [0.1, 0.15) is 29.5 Å². The van der Waals surface area contributed by atoms with E-state index in [0.717, 1.165) is 56.3 Å². The summed E-state index contributed by atoms with van der Waals surface area (Å²) in [6.07, 6.45) is 1.85. The van der Waals surface area contributed by atoms with Gasteiger partial charge in [-0.1, -0.05) is 13.3 Å². The van der Waals surface area contributed by atoms with E-state index in [1.165, 1.54) is 0 Å². The SMILES string of the molecule is CCCc1cc(N2CCN(C)CC2)c2oc(C(=O)O)cc(=O)c2c1. The van der Waals surface area contributed by atoms with Crippen LogP contribution in [0.15, 0.2) is 27.4 Å². The second-order valence-corrected chi connectivity index (χ2v) is 6.31. The van der Waals surface area contributed by atoms with Gasteiger partial charge in [-0.25, -0.2) is 4.79 Å². The van der Waals surface area contributed by atoms with E-state index in [1.807, 2.05) is 12.1 Å². The van der Waals surface area contributed by atoms with E-state index in [0.29, 0.717) is 11.0 Å². The molecule has 1 N–H and O–H groups in total. The highest BCUT2D eigenvalue weighted by Crippen LogP contribution is 2.29. The summed E-state index contributed by atoms with van der Waals surface area (Å²) >= 11 is 0. The lowest BCUT2D eigenvalue weighted by atomic mass is 10.0. The molecule has 1 aromatic heterocycles. The van der Waals surface area contributed by atoms with Crippen molar-refractivity contribution in [2.24, 2.45) is 0 Å². The van der Waals surface area contributed by atoms with Gasteiger partial charge in [-0.05, 0) is 31.2 Å². The minimum Gasteiger partial charge on any atom is -0.475 e. The number of piperazine rings is 1. The van der Waals surface area contributed by atoms with E-state index in [9.17, 15) is 14.7 Å². The van der Waals surface area contributed by atoms with Gasteiger partial charge in [0.05, 0.1) is 11.1 Å². The molecule has 0 bridgehead atoms. The van der Waals surface area contributed by atoms with Crippen LogP contribution in [0, 0.1) is 0 Å². The number of hydrogen-bond acceptors (Lipinski definition) is 5. The molecule has 6 nitrogen and oxygen atoms in total. The number of carboxylic acids is 1. The molecule has 6 heteroatoms. The number of aryl methyl sites for hydroxylation is 1. The molecule has 1 aliphatic rings. The summed E-state index contributed by atoms with van der Waals surface area (Å²) in [6.45, 7) is 5.57. The first-order valence-electron chi connectivity index (χ1n) is 8.27. The normalized spacial score (nSPS) is 15.8. The van der Waals surface area contributed by atoms with Crippen LogP contribution in [0.4, 0.5) is 5.69 Å². The molecule has 1 aromatic carbocycles. The number of rotatable bonds is 4. The lowest BCUT2D eigenvalue weighted by molar-refractivity contribution is 0.0663. The number of hydrogen-bond donors (Lipinski definition) is 1. The zero-order chi connectivity index (χ0) is 17.3. The molecule has 0 unspecified atom stereocenters. The molecule has 1 fully saturated rings. The van der Waals surface area contributed by atoms with Gasteiger partial charge in [0.15, 0.2) is 11.0 Å². The van der Waals surface area contributed by atoms with E-state index in [4.69, 9.17) is 4.42 Å². The van der Waals surface area contributed by atoms with Gasteiger partial charge in [-0.2, -0.15) is 0 Å². The average molecular weight is 330 g/mol. The third kappa shape index (κ3) is 3.14. The molecule has 24 heavy (non-hydrogen) atoms. The van der Waals surface area contributed by atoms with Crippen LogP contribution in [-0.4, -0.2) is 49.2 Å². The Morgan fingerprint density at radius 2 is 1.92 bits per heavy atom. The predicted molar refractivity (Wildman–Crippen MR) is 93.1 cm³/mol. The van der Waals surface area contributed by atoms with E-state index in [-0.39, 0.29) is 11.2 Å².